The number of rotatable bonds is 8. The maximum Gasteiger partial charge on any atom is 0.303 e. The van der Waals surface area contributed by atoms with Crippen LogP contribution >= 0.6 is 0 Å². The van der Waals surface area contributed by atoms with E-state index in [1.54, 1.807) is 12.4 Å². The van der Waals surface area contributed by atoms with Crippen LogP contribution in [-0.4, -0.2) is 38.3 Å². The summed E-state index contributed by atoms with van der Waals surface area (Å²) in [5, 5.41) is 16.0. The Hall–Kier alpha value is -4.26. The minimum atomic E-state index is -0.796. The topological polar surface area (TPSA) is 87.9 Å². The number of nitrogens with zero attached hydrogens (tertiary/aromatic N) is 4. The number of carboxylic acid groups (broad SMARTS) is 1. The number of hydrazone groups is 1. The van der Waals surface area contributed by atoms with Crippen LogP contribution in [0.5, 0.6) is 11.5 Å². The lowest BCUT2D eigenvalue weighted by atomic mass is 9.98. The highest BCUT2D eigenvalue weighted by Crippen LogP contribution is 2.34. The van der Waals surface area contributed by atoms with Gasteiger partial charge in [0.05, 0.1) is 22.8 Å². The fourth-order valence-corrected chi connectivity index (χ4v) is 4.15. The van der Waals surface area contributed by atoms with Crippen LogP contribution in [0.25, 0.3) is 11.0 Å². The first-order valence-electron chi connectivity index (χ1n) is 11.3. The number of benzene rings is 3. The second-order valence-corrected chi connectivity index (χ2v) is 8.17. The average Bonchev–Trinajstić information content (AvgIpc) is 3.29. The van der Waals surface area contributed by atoms with Crippen molar-refractivity contribution in [2.24, 2.45) is 5.10 Å². The molecule has 1 N–H and O–H groups in total. The molecule has 1 unspecified atom stereocenters. The van der Waals surface area contributed by atoms with Crippen molar-refractivity contribution in [1.29, 1.82) is 0 Å². The Labute approximate surface area is 197 Å². The zero-order valence-corrected chi connectivity index (χ0v) is 18.5. The normalized spacial score (nSPS) is 15.4. The van der Waals surface area contributed by atoms with Gasteiger partial charge in [-0.1, -0.05) is 24.3 Å². The van der Waals surface area contributed by atoms with Crippen molar-refractivity contribution in [2.45, 2.75) is 25.3 Å². The molecule has 4 aromatic rings. The molecule has 0 saturated heterocycles. The van der Waals surface area contributed by atoms with Crippen molar-refractivity contribution >= 4 is 22.7 Å². The van der Waals surface area contributed by atoms with Crippen LogP contribution in [0.1, 0.15) is 36.4 Å². The molecule has 3 aromatic carbocycles. The van der Waals surface area contributed by atoms with Gasteiger partial charge in [0.1, 0.15) is 11.5 Å². The highest BCUT2D eigenvalue weighted by molar-refractivity contribution is 6.02. The van der Waals surface area contributed by atoms with Gasteiger partial charge in [0, 0.05) is 31.8 Å². The monoisotopic (exact) mass is 452 g/mol. The lowest BCUT2D eigenvalue weighted by Gasteiger charge is -2.23. The molecular weight excluding hydrogens is 428 g/mol. The Morgan fingerprint density at radius 3 is 2.44 bits per heavy atom. The van der Waals surface area contributed by atoms with Crippen molar-refractivity contribution < 1.29 is 14.6 Å². The van der Waals surface area contributed by atoms with Gasteiger partial charge in [0.25, 0.3) is 0 Å². The molecule has 34 heavy (non-hydrogen) atoms. The summed E-state index contributed by atoms with van der Waals surface area (Å²) >= 11 is 0. The molecule has 0 radical (unpaired) electrons. The number of carbonyl (C=O) groups is 1. The van der Waals surface area contributed by atoms with E-state index in [1.165, 1.54) is 0 Å². The molecule has 0 fully saturated rings. The smallest absolute Gasteiger partial charge is 0.303 e. The number of hydrogen-bond acceptors (Lipinski definition) is 6. The minimum Gasteiger partial charge on any atom is -0.481 e. The second-order valence-electron chi connectivity index (χ2n) is 8.17. The van der Waals surface area contributed by atoms with E-state index in [0.29, 0.717) is 13.0 Å². The standard InChI is InChI=1S/C27H24N4O3/c32-27(33)7-4-16-31-26(20-10-13-23-25(17-20)29-15-14-28-23)18-24(30-31)19-8-11-22(12-9-19)34-21-5-2-1-3-6-21/h1-3,5-6,8-15,17,26H,4,7,16,18H2,(H,32,33). The molecule has 0 spiro atoms. The first-order chi connectivity index (χ1) is 16.7. The maximum absolute atomic E-state index is 11.0. The van der Waals surface area contributed by atoms with E-state index in [1.807, 2.05) is 71.7 Å². The van der Waals surface area contributed by atoms with Crippen LogP contribution in [-0.2, 0) is 4.79 Å². The highest BCUT2D eigenvalue weighted by atomic mass is 16.5. The van der Waals surface area contributed by atoms with Crippen molar-refractivity contribution in [1.82, 2.24) is 15.0 Å². The fraction of sp³-hybridized carbons (Fsp3) is 0.185. The summed E-state index contributed by atoms with van der Waals surface area (Å²) in [5.41, 5.74) is 4.75. The summed E-state index contributed by atoms with van der Waals surface area (Å²) in [7, 11) is 0. The molecule has 7 nitrogen and oxygen atoms in total. The molecule has 5 rings (SSSR count). The summed E-state index contributed by atoms with van der Waals surface area (Å²) in [5.74, 6) is 0.754. The van der Waals surface area contributed by atoms with Crippen LogP contribution in [0.15, 0.2) is 90.3 Å². The largest absolute Gasteiger partial charge is 0.481 e. The van der Waals surface area contributed by atoms with E-state index in [9.17, 15) is 4.79 Å². The summed E-state index contributed by atoms with van der Waals surface area (Å²) in [6, 6.07) is 23.7. The minimum absolute atomic E-state index is 0.00967. The highest BCUT2D eigenvalue weighted by Gasteiger charge is 2.29. The number of carboxylic acids is 1. The van der Waals surface area contributed by atoms with Crippen LogP contribution in [0, 0.1) is 0 Å². The molecule has 2 heterocycles. The number of aliphatic carboxylic acids is 1. The third-order valence-corrected chi connectivity index (χ3v) is 5.82. The predicted octanol–water partition coefficient (Wildman–Crippen LogP) is 5.44. The zero-order chi connectivity index (χ0) is 23.3. The number of hydrogen-bond donors (Lipinski definition) is 1. The van der Waals surface area contributed by atoms with E-state index in [-0.39, 0.29) is 12.5 Å². The van der Waals surface area contributed by atoms with Crippen molar-refractivity contribution in [3.05, 3.63) is 96.3 Å². The second kappa shape index (κ2) is 9.70. The first-order valence-corrected chi connectivity index (χ1v) is 11.3. The van der Waals surface area contributed by atoms with E-state index in [4.69, 9.17) is 14.9 Å². The molecule has 0 aliphatic carbocycles. The molecule has 1 aromatic heterocycles. The Kier molecular flexibility index (Phi) is 6.16. The number of aromatic nitrogens is 2. The van der Waals surface area contributed by atoms with Crippen LogP contribution in [0.4, 0.5) is 0 Å². The van der Waals surface area contributed by atoms with Gasteiger partial charge in [-0.25, -0.2) is 0 Å². The quantitative estimate of drug-likeness (QED) is 0.383. The van der Waals surface area contributed by atoms with Gasteiger partial charge in [-0.05, 0) is 66.1 Å². The van der Waals surface area contributed by atoms with Gasteiger partial charge < -0.3 is 9.84 Å². The van der Waals surface area contributed by atoms with Gasteiger partial charge in [-0.15, -0.1) is 0 Å². The van der Waals surface area contributed by atoms with Crippen LogP contribution in [0.3, 0.4) is 0 Å². The summed E-state index contributed by atoms with van der Waals surface area (Å²) in [6.07, 6.45) is 4.73. The number of fused-ring (bicyclic) bond motifs is 1. The van der Waals surface area contributed by atoms with Gasteiger partial charge in [0.15, 0.2) is 0 Å². The predicted molar refractivity (Wildman–Crippen MR) is 130 cm³/mol. The third kappa shape index (κ3) is 4.88. The number of ether oxygens (including phenoxy) is 1. The lowest BCUT2D eigenvalue weighted by molar-refractivity contribution is -0.137. The fourth-order valence-electron chi connectivity index (χ4n) is 4.15. The Bertz CT molecular complexity index is 1320. The van der Waals surface area contributed by atoms with Crippen molar-refractivity contribution in [3.63, 3.8) is 0 Å². The average molecular weight is 453 g/mol. The van der Waals surface area contributed by atoms with Gasteiger partial charge in [-0.3, -0.25) is 19.8 Å². The Morgan fingerprint density at radius 2 is 1.68 bits per heavy atom. The van der Waals surface area contributed by atoms with E-state index in [2.05, 4.69) is 16.0 Å². The van der Waals surface area contributed by atoms with Crippen LogP contribution in [0.2, 0.25) is 0 Å². The maximum atomic E-state index is 11.0. The number of para-hydroxylation sites is 1. The van der Waals surface area contributed by atoms with Crippen LogP contribution < -0.4 is 4.74 Å². The molecule has 1 aliphatic heterocycles. The Balaban J connectivity index is 1.37. The molecule has 0 saturated carbocycles. The van der Waals surface area contributed by atoms with Crippen molar-refractivity contribution in [3.8, 4) is 11.5 Å². The lowest BCUT2D eigenvalue weighted by Crippen LogP contribution is -2.21. The molecule has 170 valence electrons. The molecule has 1 aliphatic rings. The third-order valence-electron chi connectivity index (χ3n) is 5.82. The molecule has 0 amide bonds. The summed E-state index contributed by atoms with van der Waals surface area (Å²) < 4.78 is 5.91. The summed E-state index contributed by atoms with van der Waals surface area (Å²) in [6.45, 7) is 0.564. The van der Waals surface area contributed by atoms with E-state index >= 15 is 0 Å². The summed E-state index contributed by atoms with van der Waals surface area (Å²) in [4.78, 5) is 19.8. The van der Waals surface area contributed by atoms with Gasteiger partial charge >= 0.3 is 5.97 Å². The molecule has 7 heteroatoms. The zero-order valence-electron chi connectivity index (χ0n) is 18.5. The molecular formula is C27H24N4O3. The molecule has 1 atom stereocenters. The first kappa shape index (κ1) is 21.6. The van der Waals surface area contributed by atoms with Gasteiger partial charge in [-0.2, -0.15) is 5.10 Å². The SMILES string of the molecule is O=C(O)CCCN1N=C(c2ccc(Oc3ccccc3)cc2)CC1c1ccc2nccnc2c1. The van der Waals surface area contributed by atoms with E-state index in [0.717, 1.165) is 45.8 Å². The van der Waals surface area contributed by atoms with E-state index < -0.39 is 5.97 Å². The van der Waals surface area contributed by atoms with Crippen molar-refractivity contribution in [2.75, 3.05) is 6.54 Å². The molecule has 0 bridgehead atoms. The van der Waals surface area contributed by atoms with Gasteiger partial charge in [0.2, 0.25) is 0 Å². The Morgan fingerprint density at radius 1 is 0.941 bits per heavy atom.